The van der Waals surface area contributed by atoms with E-state index in [2.05, 4.69) is 10.3 Å². The van der Waals surface area contributed by atoms with E-state index in [0.717, 1.165) is 17.7 Å². The number of benzene rings is 1. The van der Waals surface area contributed by atoms with Crippen LogP contribution in [0.3, 0.4) is 0 Å². The summed E-state index contributed by atoms with van der Waals surface area (Å²) >= 11 is 0. The summed E-state index contributed by atoms with van der Waals surface area (Å²) in [7, 11) is 0. The van der Waals surface area contributed by atoms with Crippen LogP contribution in [0.4, 0.5) is 4.39 Å². The Hall–Kier alpha value is -2.28. The van der Waals surface area contributed by atoms with E-state index in [1.54, 1.807) is 17.2 Å². The van der Waals surface area contributed by atoms with Crippen molar-refractivity contribution in [1.29, 1.82) is 0 Å². The molecular weight excluding hydrogens is 299 g/mol. The van der Waals surface area contributed by atoms with Crippen LogP contribution in [0.15, 0.2) is 24.4 Å². The van der Waals surface area contributed by atoms with Crippen LogP contribution < -0.4 is 0 Å². The maximum atomic E-state index is 13.5. The van der Waals surface area contributed by atoms with Gasteiger partial charge in [0.05, 0.1) is 30.6 Å². The molecule has 1 fully saturated rings. The zero-order valence-corrected chi connectivity index (χ0v) is 12.8. The number of carbonyl (C=O) groups is 1. The molecule has 0 bridgehead atoms. The summed E-state index contributed by atoms with van der Waals surface area (Å²) in [6, 6.07) is 4.28. The normalized spacial score (nSPS) is 23.3. The molecule has 7 heteroatoms. The fourth-order valence-electron chi connectivity index (χ4n) is 3.36. The molecule has 0 N–H and O–H groups in total. The number of hydrogen-bond acceptors (Lipinski definition) is 4. The highest BCUT2D eigenvalue weighted by Crippen LogP contribution is 2.30. The number of hydrogen-bond donors (Lipinski definition) is 0. The molecule has 1 aromatic heterocycles. The van der Waals surface area contributed by atoms with E-state index in [1.807, 2.05) is 11.6 Å². The molecule has 2 aromatic rings. The zero-order chi connectivity index (χ0) is 16.0. The Morgan fingerprint density at radius 3 is 3.17 bits per heavy atom. The largest absolute Gasteiger partial charge is 0.370 e. The van der Waals surface area contributed by atoms with E-state index in [9.17, 15) is 9.18 Å². The third-order valence-corrected chi connectivity index (χ3v) is 4.65. The number of ether oxygens (including phenoxy) is 1. The highest BCUT2D eigenvalue weighted by Gasteiger charge is 2.38. The Balaban J connectivity index is 1.60. The summed E-state index contributed by atoms with van der Waals surface area (Å²) in [5.74, 6) is -0.541. The van der Waals surface area contributed by atoms with Crippen LogP contribution in [-0.4, -0.2) is 45.0 Å². The summed E-state index contributed by atoms with van der Waals surface area (Å²) < 4.78 is 21.2. The van der Waals surface area contributed by atoms with Gasteiger partial charge in [-0.15, -0.1) is 5.10 Å². The predicted octanol–water partition coefficient (Wildman–Crippen LogP) is 1.71. The third kappa shape index (κ3) is 2.41. The Morgan fingerprint density at radius 2 is 2.30 bits per heavy atom. The monoisotopic (exact) mass is 316 g/mol. The highest BCUT2D eigenvalue weighted by atomic mass is 19.1. The molecule has 2 atom stereocenters. The Morgan fingerprint density at radius 1 is 1.43 bits per heavy atom. The topological polar surface area (TPSA) is 60.3 Å². The Bertz CT molecular complexity index is 760. The van der Waals surface area contributed by atoms with Crippen molar-refractivity contribution in [3.8, 4) is 0 Å². The first kappa shape index (κ1) is 14.3. The summed E-state index contributed by atoms with van der Waals surface area (Å²) in [6.45, 7) is 3.42. The molecule has 1 saturated heterocycles. The van der Waals surface area contributed by atoms with Crippen molar-refractivity contribution in [2.75, 3.05) is 13.1 Å². The number of fused-ring (bicyclic) bond motifs is 3. The lowest BCUT2D eigenvalue weighted by Gasteiger charge is -2.41. The first-order valence-electron chi connectivity index (χ1n) is 7.69. The van der Waals surface area contributed by atoms with Gasteiger partial charge in [0.1, 0.15) is 5.82 Å². The van der Waals surface area contributed by atoms with E-state index in [4.69, 9.17) is 4.74 Å². The summed E-state index contributed by atoms with van der Waals surface area (Å²) in [5.41, 5.74) is 2.11. The van der Waals surface area contributed by atoms with Crippen LogP contribution in [0.1, 0.15) is 34.1 Å². The molecule has 4 rings (SSSR count). The van der Waals surface area contributed by atoms with Gasteiger partial charge in [0, 0.05) is 18.7 Å². The number of halogens is 1. The van der Waals surface area contributed by atoms with E-state index in [1.165, 1.54) is 12.1 Å². The second-order valence-corrected chi connectivity index (χ2v) is 6.09. The molecule has 120 valence electrons. The lowest BCUT2D eigenvalue weighted by Crippen LogP contribution is -2.50. The molecule has 3 heterocycles. The highest BCUT2D eigenvalue weighted by molar-refractivity contribution is 5.95. The molecule has 2 aliphatic rings. The lowest BCUT2D eigenvalue weighted by molar-refractivity contribution is -0.0605. The number of carbonyl (C=O) groups excluding carboxylic acids is 1. The van der Waals surface area contributed by atoms with Gasteiger partial charge in [-0.1, -0.05) is 11.3 Å². The van der Waals surface area contributed by atoms with E-state index >= 15 is 0 Å². The van der Waals surface area contributed by atoms with E-state index in [0.29, 0.717) is 25.3 Å². The SMILES string of the molecule is Cc1ccc(F)cc1C(=O)N1CC[C@@H]2OCc3cnnn3[C@@H]2C1. The van der Waals surface area contributed by atoms with E-state index in [-0.39, 0.29) is 18.1 Å². The van der Waals surface area contributed by atoms with Crippen LogP contribution in [0.2, 0.25) is 0 Å². The predicted molar refractivity (Wildman–Crippen MR) is 79.3 cm³/mol. The minimum atomic E-state index is -0.395. The number of rotatable bonds is 1. The Labute approximate surface area is 132 Å². The van der Waals surface area contributed by atoms with Crippen molar-refractivity contribution in [3.63, 3.8) is 0 Å². The molecule has 0 aliphatic carbocycles. The number of likely N-dealkylation sites (tertiary alicyclic amines) is 1. The number of nitrogens with zero attached hydrogens (tertiary/aromatic N) is 4. The number of piperidine rings is 1. The van der Waals surface area contributed by atoms with Gasteiger partial charge in [-0.3, -0.25) is 4.79 Å². The molecule has 1 aromatic carbocycles. The average molecular weight is 316 g/mol. The number of amides is 1. The minimum Gasteiger partial charge on any atom is -0.370 e. The standard InChI is InChI=1S/C16H17FN4O2/c1-10-2-3-11(17)6-13(10)16(22)20-5-4-15-14(8-20)21-12(9-23-15)7-18-19-21/h2-3,6-7,14-15H,4-5,8-9H2,1H3/t14-,15+/m1/s1. The fourth-order valence-corrected chi connectivity index (χ4v) is 3.36. The van der Waals surface area contributed by atoms with Gasteiger partial charge in [0.15, 0.2) is 0 Å². The molecule has 23 heavy (non-hydrogen) atoms. The van der Waals surface area contributed by atoms with Gasteiger partial charge in [0.2, 0.25) is 0 Å². The van der Waals surface area contributed by atoms with Gasteiger partial charge < -0.3 is 9.64 Å². The van der Waals surface area contributed by atoms with Gasteiger partial charge in [-0.2, -0.15) is 0 Å². The van der Waals surface area contributed by atoms with Crippen molar-refractivity contribution in [2.45, 2.75) is 32.1 Å². The van der Waals surface area contributed by atoms with Gasteiger partial charge >= 0.3 is 0 Å². The van der Waals surface area contributed by atoms with Crippen LogP contribution >= 0.6 is 0 Å². The second kappa shape index (κ2) is 5.42. The molecule has 2 aliphatic heterocycles. The van der Waals surface area contributed by atoms with Gasteiger partial charge in [-0.05, 0) is 31.0 Å². The van der Waals surface area contributed by atoms with Crippen molar-refractivity contribution in [2.24, 2.45) is 0 Å². The Kier molecular flexibility index (Phi) is 3.37. The maximum absolute atomic E-state index is 13.5. The van der Waals surface area contributed by atoms with Crippen molar-refractivity contribution in [3.05, 3.63) is 47.0 Å². The zero-order valence-electron chi connectivity index (χ0n) is 12.8. The molecule has 0 unspecified atom stereocenters. The summed E-state index contributed by atoms with van der Waals surface area (Å²) in [6.07, 6.45) is 2.47. The first-order chi connectivity index (χ1) is 11.1. The quantitative estimate of drug-likeness (QED) is 0.803. The average Bonchev–Trinajstić information content (AvgIpc) is 3.05. The molecule has 1 amide bonds. The lowest BCUT2D eigenvalue weighted by atomic mass is 9.98. The molecule has 0 saturated carbocycles. The molecule has 6 nitrogen and oxygen atoms in total. The van der Waals surface area contributed by atoms with Crippen molar-refractivity contribution < 1.29 is 13.9 Å². The van der Waals surface area contributed by atoms with Crippen LogP contribution in [0.25, 0.3) is 0 Å². The van der Waals surface area contributed by atoms with Crippen LogP contribution in [0.5, 0.6) is 0 Å². The smallest absolute Gasteiger partial charge is 0.254 e. The molecule has 0 radical (unpaired) electrons. The van der Waals surface area contributed by atoms with Crippen molar-refractivity contribution in [1.82, 2.24) is 19.9 Å². The summed E-state index contributed by atoms with van der Waals surface area (Å²) in [5, 5.41) is 8.06. The molecule has 0 spiro atoms. The van der Waals surface area contributed by atoms with Gasteiger partial charge in [0.25, 0.3) is 5.91 Å². The van der Waals surface area contributed by atoms with Crippen molar-refractivity contribution >= 4 is 5.91 Å². The molecular formula is C16H17FN4O2. The third-order valence-electron chi connectivity index (χ3n) is 4.65. The fraction of sp³-hybridized carbons (Fsp3) is 0.438. The van der Waals surface area contributed by atoms with E-state index < -0.39 is 5.82 Å². The number of aryl methyl sites for hydroxylation is 1. The minimum absolute atomic E-state index is 0.0344. The second-order valence-electron chi connectivity index (χ2n) is 6.09. The first-order valence-corrected chi connectivity index (χ1v) is 7.69. The summed E-state index contributed by atoms with van der Waals surface area (Å²) in [4.78, 5) is 14.5. The van der Waals surface area contributed by atoms with Crippen LogP contribution in [0, 0.1) is 12.7 Å². The number of aromatic nitrogens is 3. The van der Waals surface area contributed by atoms with Crippen LogP contribution in [-0.2, 0) is 11.3 Å². The van der Waals surface area contributed by atoms with Gasteiger partial charge in [-0.25, -0.2) is 9.07 Å². The maximum Gasteiger partial charge on any atom is 0.254 e.